The van der Waals surface area contributed by atoms with Crippen LogP contribution < -0.4 is 5.32 Å². The van der Waals surface area contributed by atoms with Gasteiger partial charge in [0.25, 0.3) is 0 Å². The summed E-state index contributed by atoms with van der Waals surface area (Å²) in [5.41, 5.74) is 2.31. The van der Waals surface area contributed by atoms with Crippen LogP contribution in [0.2, 0.25) is 0 Å². The van der Waals surface area contributed by atoms with E-state index in [0.29, 0.717) is 6.04 Å². The largest absolute Gasteiger partial charge is 0.337 e. The highest BCUT2D eigenvalue weighted by Gasteiger charge is 2.26. The molecule has 0 aliphatic carbocycles. The molecule has 1 aromatic carbocycles. The molecular weight excluding hydrogens is 336 g/mol. The molecule has 2 aromatic heterocycles. The summed E-state index contributed by atoms with van der Waals surface area (Å²) in [6, 6.07) is 10.5. The van der Waals surface area contributed by atoms with E-state index in [1.54, 1.807) is 0 Å². The minimum absolute atomic E-state index is 0. The Morgan fingerprint density at radius 1 is 1.24 bits per heavy atom. The molecule has 1 aliphatic rings. The van der Waals surface area contributed by atoms with Crippen molar-refractivity contribution in [1.29, 1.82) is 0 Å². The van der Waals surface area contributed by atoms with Crippen LogP contribution in [0.25, 0.3) is 5.69 Å². The van der Waals surface area contributed by atoms with Crippen molar-refractivity contribution in [2.45, 2.75) is 12.6 Å². The number of rotatable bonds is 4. The first-order chi connectivity index (χ1) is 11.8. The van der Waals surface area contributed by atoms with Crippen LogP contribution in [-0.2, 0) is 13.6 Å². The molecule has 4 rings (SSSR count). The zero-order chi connectivity index (χ0) is 16.4. The molecule has 3 heterocycles. The van der Waals surface area contributed by atoms with E-state index in [2.05, 4.69) is 50.2 Å². The Morgan fingerprint density at radius 3 is 2.84 bits per heavy atom. The molecule has 3 aromatic rings. The molecule has 1 aliphatic heterocycles. The Bertz CT molecular complexity index is 797. The molecule has 1 N–H and O–H groups in total. The van der Waals surface area contributed by atoms with Gasteiger partial charge in [-0.05, 0) is 12.1 Å². The second-order valence-electron chi connectivity index (χ2n) is 6.22. The maximum atomic E-state index is 4.54. The van der Waals surface area contributed by atoms with Gasteiger partial charge in [-0.25, -0.2) is 9.67 Å². The number of piperazine rings is 1. The minimum atomic E-state index is 0. The maximum Gasteiger partial charge on any atom is 0.127 e. The summed E-state index contributed by atoms with van der Waals surface area (Å²) in [6.45, 7) is 3.82. The van der Waals surface area contributed by atoms with Crippen LogP contribution in [0.4, 0.5) is 0 Å². The summed E-state index contributed by atoms with van der Waals surface area (Å²) in [5, 5.41) is 7.99. The van der Waals surface area contributed by atoms with Gasteiger partial charge in [-0.3, -0.25) is 4.90 Å². The molecule has 0 radical (unpaired) electrons. The number of halogens is 1. The van der Waals surface area contributed by atoms with Gasteiger partial charge in [0.2, 0.25) is 0 Å². The van der Waals surface area contributed by atoms with E-state index in [1.807, 2.05) is 41.5 Å². The average Bonchev–Trinajstić information content (AvgIpc) is 3.25. The lowest BCUT2D eigenvalue weighted by Gasteiger charge is -2.35. The normalized spacial score (nSPS) is 18.0. The van der Waals surface area contributed by atoms with Crippen LogP contribution in [0.1, 0.15) is 17.4 Å². The molecule has 1 saturated heterocycles. The summed E-state index contributed by atoms with van der Waals surface area (Å²) in [7, 11) is 2.06. The highest BCUT2D eigenvalue weighted by atomic mass is 35.5. The van der Waals surface area contributed by atoms with Crippen LogP contribution in [0.5, 0.6) is 0 Å². The summed E-state index contributed by atoms with van der Waals surface area (Å²) in [4.78, 5) is 7.02. The first-order valence-electron chi connectivity index (χ1n) is 8.32. The van der Waals surface area contributed by atoms with Crippen LogP contribution in [-0.4, -0.2) is 43.9 Å². The standard InChI is InChI=1S/C18H22N6.ClH/c1-22-9-8-20-18(22)17-12-19-7-10-23(17)13-15-11-21-24(14-15)16-5-3-2-4-6-16;/h2-6,8-9,11,14,17,19H,7,10,12-13H2,1H3;1H. The van der Waals surface area contributed by atoms with E-state index in [-0.39, 0.29) is 12.4 Å². The van der Waals surface area contributed by atoms with E-state index < -0.39 is 0 Å². The lowest BCUT2D eigenvalue weighted by atomic mass is 10.1. The third-order valence-corrected chi connectivity index (χ3v) is 4.55. The molecule has 1 unspecified atom stereocenters. The summed E-state index contributed by atoms with van der Waals surface area (Å²) < 4.78 is 4.05. The summed E-state index contributed by atoms with van der Waals surface area (Å²) in [6.07, 6.45) is 7.96. The van der Waals surface area contributed by atoms with E-state index >= 15 is 0 Å². The molecule has 0 spiro atoms. The number of para-hydroxylation sites is 1. The fourth-order valence-corrected chi connectivity index (χ4v) is 3.29. The zero-order valence-electron chi connectivity index (χ0n) is 14.2. The number of aryl methyl sites for hydroxylation is 1. The lowest BCUT2D eigenvalue weighted by Crippen LogP contribution is -2.46. The Kier molecular flexibility index (Phi) is 5.53. The maximum absolute atomic E-state index is 4.54. The number of hydrogen-bond acceptors (Lipinski definition) is 4. The Balaban J connectivity index is 0.00000182. The number of hydrogen-bond donors (Lipinski definition) is 1. The fraction of sp³-hybridized carbons (Fsp3) is 0.333. The number of imidazole rings is 1. The van der Waals surface area contributed by atoms with Gasteiger partial charge < -0.3 is 9.88 Å². The predicted molar refractivity (Wildman–Crippen MR) is 100 cm³/mol. The number of nitrogens with zero attached hydrogens (tertiary/aromatic N) is 5. The van der Waals surface area contributed by atoms with Gasteiger partial charge in [-0.1, -0.05) is 18.2 Å². The van der Waals surface area contributed by atoms with Crippen LogP contribution in [0.15, 0.2) is 55.1 Å². The lowest BCUT2D eigenvalue weighted by molar-refractivity contribution is 0.144. The second kappa shape index (κ2) is 7.82. The van der Waals surface area contributed by atoms with Crippen molar-refractivity contribution >= 4 is 12.4 Å². The molecule has 1 fully saturated rings. The average molecular weight is 359 g/mol. The van der Waals surface area contributed by atoms with E-state index in [9.17, 15) is 0 Å². The van der Waals surface area contributed by atoms with Crippen LogP contribution in [0, 0.1) is 0 Å². The number of nitrogens with one attached hydrogen (secondary N) is 1. The fourth-order valence-electron chi connectivity index (χ4n) is 3.29. The molecule has 0 saturated carbocycles. The van der Waals surface area contributed by atoms with Gasteiger partial charge in [-0.15, -0.1) is 12.4 Å². The van der Waals surface area contributed by atoms with E-state index in [1.165, 1.54) is 5.56 Å². The van der Waals surface area contributed by atoms with Crippen molar-refractivity contribution in [2.24, 2.45) is 7.05 Å². The highest BCUT2D eigenvalue weighted by Crippen LogP contribution is 2.22. The SMILES string of the molecule is Cl.Cn1ccnc1C1CNCCN1Cc1cnn(-c2ccccc2)c1. The van der Waals surface area contributed by atoms with E-state index in [0.717, 1.165) is 37.7 Å². The molecule has 7 heteroatoms. The molecule has 0 amide bonds. The molecule has 0 bridgehead atoms. The van der Waals surface area contributed by atoms with Gasteiger partial charge in [0, 0.05) is 57.4 Å². The van der Waals surface area contributed by atoms with Gasteiger partial charge in [0.05, 0.1) is 17.9 Å². The first kappa shape index (κ1) is 17.7. The quantitative estimate of drug-likeness (QED) is 0.776. The van der Waals surface area contributed by atoms with Crippen molar-refractivity contribution in [3.63, 3.8) is 0 Å². The minimum Gasteiger partial charge on any atom is -0.337 e. The number of aromatic nitrogens is 4. The number of benzene rings is 1. The van der Waals surface area contributed by atoms with Gasteiger partial charge in [-0.2, -0.15) is 5.10 Å². The van der Waals surface area contributed by atoms with Gasteiger partial charge >= 0.3 is 0 Å². The van der Waals surface area contributed by atoms with Crippen molar-refractivity contribution in [2.75, 3.05) is 19.6 Å². The summed E-state index contributed by atoms with van der Waals surface area (Å²) in [5.74, 6) is 1.11. The Hall–Kier alpha value is -2.15. The second-order valence-corrected chi connectivity index (χ2v) is 6.22. The third kappa shape index (κ3) is 3.76. The monoisotopic (exact) mass is 358 g/mol. The molecule has 6 nitrogen and oxygen atoms in total. The molecule has 132 valence electrons. The van der Waals surface area contributed by atoms with Crippen molar-refractivity contribution in [3.05, 3.63) is 66.5 Å². The molecule has 1 atom stereocenters. The predicted octanol–water partition coefficient (Wildman–Crippen LogP) is 2.17. The van der Waals surface area contributed by atoms with Crippen molar-refractivity contribution in [3.8, 4) is 5.69 Å². The Labute approximate surface area is 153 Å². The van der Waals surface area contributed by atoms with E-state index in [4.69, 9.17) is 0 Å². The van der Waals surface area contributed by atoms with Crippen molar-refractivity contribution in [1.82, 2.24) is 29.5 Å². The smallest absolute Gasteiger partial charge is 0.127 e. The highest BCUT2D eigenvalue weighted by molar-refractivity contribution is 5.85. The molecular formula is C18H23ClN6. The van der Waals surface area contributed by atoms with Gasteiger partial charge in [0.1, 0.15) is 5.82 Å². The Morgan fingerprint density at radius 2 is 2.08 bits per heavy atom. The third-order valence-electron chi connectivity index (χ3n) is 4.55. The van der Waals surface area contributed by atoms with Crippen molar-refractivity contribution < 1.29 is 0 Å². The van der Waals surface area contributed by atoms with Crippen LogP contribution in [0.3, 0.4) is 0 Å². The first-order valence-corrected chi connectivity index (χ1v) is 8.32. The zero-order valence-corrected chi connectivity index (χ0v) is 15.1. The van der Waals surface area contributed by atoms with Gasteiger partial charge in [0.15, 0.2) is 0 Å². The molecule has 25 heavy (non-hydrogen) atoms. The topological polar surface area (TPSA) is 50.9 Å². The van der Waals surface area contributed by atoms with Crippen LogP contribution >= 0.6 is 12.4 Å². The summed E-state index contributed by atoms with van der Waals surface area (Å²) >= 11 is 0.